The van der Waals surface area contributed by atoms with Crippen LogP contribution in [0.2, 0.25) is 4.34 Å². The summed E-state index contributed by atoms with van der Waals surface area (Å²) in [6, 6.07) is 10.6. The largest absolute Gasteiger partial charge is 0.329 e. The van der Waals surface area contributed by atoms with Gasteiger partial charge < -0.3 is 5.73 Å². The first-order chi connectivity index (χ1) is 9.51. The zero-order chi connectivity index (χ0) is 14.7. The second kappa shape index (κ2) is 7.38. The van der Waals surface area contributed by atoms with Crippen LogP contribution in [0.3, 0.4) is 0 Å². The molecule has 6 heteroatoms. The third kappa shape index (κ3) is 4.06. The maximum atomic E-state index is 6.12. The molecule has 0 aliphatic heterocycles. The van der Waals surface area contributed by atoms with Crippen LogP contribution in [0, 0.1) is 0 Å². The lowest BCUT2D eigenvalue weighted by Gasteiger charge is -2.26. The van der Waals surface area contributed by atoms with Gasteiger partial charge in [0.1, 0.15) is 4.34 Å². The topological polar surface area (TPSA) is 29.3 Å². The summed E-state index contributed by atoms with van der Waals surface area (Å²) >= 11 is 14.6. The van der Waals surface area contributed by atoms with E-state index in [-0.39, 0.29) is 6.04 Å². The lowest BCUT2D eigenvalue weighted by atomic mass is 10.1. The summed E-state index contributed by atoms with van der Waals surface area (Å²) in [5, 5.41) is 0. The highest BCUT2D eigenvalue weighted by atomic mass is 79.9. The van der Waals surface area contributed by atoms with Gasteiger partial charge in [-0.3, -0.25) is 4.90 Å². The number of benzene rings is 1. The Morgan fingerprint density at radius 2 is 1.95 bits per heavy atom. The van der Waals surface area contributed by atoms with Crippen molar-refractivity contribution in [3.63, 3.8) is 0 Å². The highest BCUT2D eigenvalue weighted by Crippen LogP contribution is 2.36. The van der Waals surface area contributed by atoms with E-state index in [2.05, 4.69) is 74.1 Å². The van der Waals surface area contributed by atoms with E-state index in [1.807, 2.05) is 0 Å². The van der Waals surface area contributed by atoms with E-state index in [9.17, 15) is 0 Å². The predicted octanol–water partition coefficient (Wildman–Crippen LogP) is 5.06. The van der Waals surface area contributed by atoms with Crippen molar-refractivity contribution in [2.24, 2.45) is 5.73 Å². The Kier molecular flexibility index (Phi) is 6.08. The standard InChI is InChI=1S/C14H15Br2ClN2S/c1-19(8-9-2-4-10(15)5-3-9)12(7-18)13-6-11(16)14(17)20-13/h2-6,12H,7-8,18H2,1H3. The fraction of sp³-hybridized carbons (Fsp3) is 0.286. The molecule has 20 heavy (non-hydrogen) atoms. The molecule has 0 amide bonds. The van der Waals surface area contributed by atoms with E-state index in [1.54, 1.807) is 11.3 Å². The van der Waals surface area contributed by atoms with Crippen LogP contribution in [0.4, 0.5) is 0 Å². The third-order valence-electron chi connectivity index (χ3n) is 3.09. The number of hydrogen-bond acceptors (Lipinski definition) is 3. The van der Waals surface area contributed by atoms with Gasteiger partial charge in [-0.25, -0.2) is 0 Å². The smallest absolute Gasteiger partial charge is 0.107 e. The van der Waals surface area contributed by atoms with E-state index in [0.29, 0.717) is 6.54 Å². The summed E-state index contributed by atoms with van der Waals surface area (Å²) in [5.74, 6) is 0. The van der Waals surface area contributed by atoms with E-state index < -0.39 is 0 Å². The Morgan fingerprint density at radius 3 is 2.45 bits per heavy atom. The maximum Gasteiger partial charge on any atom is 0.107 e. The van der Waals surface area contributed by atoms with Gasteiger partial charge in [0.2, 0.25) is 0 Å². The molecule has 2 N–H and O–H groups in total. The Balaban J connectivity index is 2.12. The number of hydrogen-bond donors (Lipinski definition) is 1. The monoisotopic (exact) mass is 436 g/mol. The van der Waals surface area contributed by atoms with Crippen molar-refractivity contribution < 1.29 is 0 Å². The molecule has 1 aromatic carbocycles. The summed E-state index contributed by atoms with van der Waals surface area (Å²) in [6.07, 6.45) is 0. The fourth-order valence-electron chi connectivity index (χ4n) is 2.03. The van der Waals surface area contributed by atoms with Crippen molar-refractivity contribution >= 4 is 54.8 Å². The van der Waals surface area contributed by atoms with Crippen LogP contribution in [0.5, 0.6) is 0 Å². The molecule has 1 aromatic heterocycles. The number of rotatable bonds is 5. The second-order valence-electron chi connectivity index (χ2n) is 4.56. The molecule has 0 saturated carbocycles. The molecule has 0 spiro atoms. The van der Waals surface area contributed by atoms with E-state index in [0.717, 1.165) is 19.8 Å². The minimum absolute atomic E-state index is 0.174. The van der Waals surface area contributed by atoms with Gasteiger partial charge in [-0.1, -0.05) is 39.7 Å². The number of nitrogens with two attached hydrogens (primary N) is 1. The van der Waals surface area contributed by atoms with Crippen LogP contribution < -0.4 is 5.73 Å². The molecule has 1 heterocycles. The Hall–Kier alpha value is 0.0900. The van der Waals surface area contributed by atoms with Gasteiger partial charge in [0, 0.05) is 26.9 Å². The van der Waals surface area contributed by atoms with Crippen LogP contribution in [0.1, 0.15) is 16.5 Å². The van der Waals surface area contributed by atoms with Gasteiger partial charge in [0.15, 0.2) is 0 Å². The summed E-state index contributed by atoms with van der Waals surface area (Å²) < 4.78 is 2.80. The van der Waals surface area contributed by atoms with Crippen molar-refractivity contribution in [2.45, 2.75) is 12.6 Å². The maximum absolute atomic E-state index is 6.12. The van der Waals surface area contributed by atoms with Crippen LogP contribution >= 0.6 is 54.8 Å². The molecule has 2 nitrogen and oxygen atoms in total. The van der Waals surface area contributed by atoms with Gasteiger partial charge in [-0.05, 0) is 46.7 Å². The predicted molar refractivity (Wildman–Crippen MR) is 94.4 cm³/mol. The van der Waals surface area contributed by atoms with Crippen molar-refractivity contribution in [1.29, 1.82) is 0 Å². The molecule has 2 rings (SSSR count). The van der Waals surface area contributed by atoms with E-state index in [4.69, 9.17) is 17.3 Å². The average Bonchev–Trinajstić information content (AvgIpc) is 2.73. The van der Waals surface area contributed by atoms with Crippen molar-refractivity contribution in [3.05, 3.63) is 54.1 Å². The molecule has 1 atom stereocenters. The zero-order valence-corrected chi connectivity index (χ0v) is 15.7. The number of thiophene rings is 1. The first kappa shape index (κ1) is 16.5. The highest BCUT2D eigenvalue weighted by Gasteiger charge is 2.19. The average molecular weight is 439 g/mol. The molecule has 1 unspecified atom stereocenters. The quantitative estimate of drug-likeness (QED) is 0.707. The number of likely N-dealkylation sites (N-methyl/N-ethyl adjacent to an activating group) is 1. The minimum Gasteiger partial charge on any atom is -0.329 e. The van der Waals surface area contributed by atoms with Gasteiger partial charge in [-0.2, -0.15) is 0 Å². The summed E-state index contributed by atoms with van der Waals surface area (Å²) in [7, 11) is 2.08. The van der Waals surface area contributed by atoms with Crippen molar-refractivity contribution in [1.82, 2.24) is 4.90 Å². The summed E-state index contributed by atoms with van der Waals surface area (Å²) in [4.78, 5) is 3.43. The number of nitrogens with zero attached hydrogens (tertiary/aromatic N) is 1. The lowest BCUT2D eigenvalue weighted by Crippen LogP contribution is -2.29. The molecular formula is C14H15Br2ClN2S. The molecule has 0 fully saturated rings. The summed E-state index contributed by atoms with van der Waals surface area (Å²) in [5.41, 5.74) is 7.20. The first-order valence-electron chi connectivity index (χ1n) is 6.10. The van der Waals surface area contributed by atoms with Crippen LogP contribution in [0.15, 0.2) is 39.3 Å². The van der Waals surface area contributed by atoms with E-state index >= 15 is 0 Å². The van der Waals surface area contributed by atoms with Gasteiger partial charge in [0.25, 0.3) is 0 Å². The van der Waals surface area contributed by atoms with Crippen LogP contribution in [-0.4, -0.2) is 18.5 Å². The fourth-order valence-corrected chi connectivity index (χ4v) is 4.21. The van der Waals surface area contributed by atoms with Crippen LogP contribution in [-0.2, 0) is 6.54 Å². The summed E-state index contributed by atoms with van der Waals surface area (Å²) in [6.45, 7) is 1.42. The first-order valence-corrected chi connectivity index (χ1v) is 8.88. The SMILES string of the molecule is CN(Cc1ccc(Br)cc1)C(CN)c1cc(Br)c(Cl)s1. The van der Waals surface area contributed by atoms with Crippen LogP contribution in [0.25, 0.3) is 0 Å². The minimum atomic E-state index is 0.174. The van der Waals surface area contributed by atoms with Gasteiger partial charge in [0.05, 0.1) is 6.04 Å². The molecule has 0 aliphatic carbocycles. The molecule has 108 valence electrons. The van der Waals surface area contributed by atoms with Gasteiger partial charge in [-0.15, -0.1) is 11.3 Å². The Bertz CT molecular complexity index is 552. The van der Waals surface area contributed by atoms with E-state index in [1.165, 1.54) is 10.4 Å². The molecule has 0 saturated heterocycles. The molecule has 0 bridgehead atoms. The third-order valence-corrected chi connectivity index (χ3v) is 6.20. The van der Waals surface area contributed by atoms with Gasteiger partial charge >= 0.3 is 0 Å². The second-order valence-corrected chi connectivity index (χ2v) is 8.02. The number of halogens is 3. The molecule has 0 radical (unpaired) electrons. The molecule has 0 aliphatic rings. The van der Waals surface area contributed by atoms with Crippen molar-refractivity contribution in [2.75, 3.05) is 13.6 Å². The normalized spacial score (nSPS) is 12.9. The molecule has 2 aromatic rings. The highest BCUT2D eigenvalue weighted by molar-refractivity contribution is 9.10. The Labute approximate surface area is 145 Å². The Morgan fingerprint density at radius 1 is 1.30 bits per heavy atom. The zero-order valence-electron chi connectivity index (χ0n) is 10.9. The van der Waals surface area contributed by atoms with Crippen molar-refractivity contribution in [3.8, 4) is 0 Å². The lowest BCUT2D eigenvalue weighted by molar-refractivity contribution is 0.245. The molecular weight excluding hydrogens is 423 g/mol.